The molecule has 15 heavy (non-hydrogen) atoms. The second-order valence-corrected chi connectivity index (χ2v) is 5.60. The largest absolute Gasteiger partial charge is 0.313 e. The topological polar surface area (TPSA) is 24.9 Å². The number of hydrogen-bond acceptors (Lipinski definition) is 3. The maximum absolute atomic E-state index is 4.13. The molecule has 0 saturated heterocycles. The minimum atomic E-state index is 0.347. The lowest BCUT2D eigenvalue weighted by molar-refractivity contribution is 0.233. The van der Waals surface area contributed by atoms with Crippen LogP contribution in [0.5, 0.6) is 0 Å². The first-order valence-electron chi connectivity index (χ1n) is 5.71. The maximum atomic E-state index is 4.13. The molecule has 0 aliphatic carbocycles. The van der Waals surface area contributed by atoms with Crippen LogP contribution in [0.1, 0.15) is 39.0 Å². The van der Waals surface area contributed by atoms with Gasteiger partial charge in [0, 0.05) is 17.1 Å². The molecule has 86 valence electrons. The average Bonchev–Trinajstić information content (AvgIpc) is 2.70. The van der Waals surface area contributed by atoms with Gasteiger partial charge in [-0.1, -0.05) is 27.7 Å². The first-order valence-corrected chi connectivity index (χ1v) is 6.59. The zero-order valence-corrected chi connectivity index (χ0v) is 11.0. The number of nitrogens with one attached hydrogen (secondary N) is 1. The summed E-state index contributed by atoms with van der Waals surface area (Å²) in [6, 6.07) is 0.549. The Kier molecular flexibility index (Phi) is 4.74. The Morgan fingerprint density at radius 1 is 1.47 bits per heavy atom. The van der Waals surface area contributed by atoms with Gasteiger partial charge in [-0.3, -0.25) is 4.98 Å². The zero-order valence-electron chi connectivity index (χ0n) is 10.2. The number of aromatic nitrogens is 1. The van der Waals surface area contributed by atoms with Gasteiger partial charge in [-0.15, -0.1) is 11.3 Å². The predicted octanol–water partition coefficient (Wildman–Crippen LogP) is 3.10. The quantitative estimate of drug-likeness (QED) is 0.806. The second kappa shape index (κ2) is 5.61. The third-order valence-electron chi connectivity index (χ3n) is 3.19. The fourth-order valence-corrected chi connectivity index (χ4v) is 2.30. The van der Waals surface area contributed by atoms with E-state index < -0.39 is 0 Å². The summed E-state index contributed by atoms with van der Waals surface area (Å²) in [7, 11) is 0. The van der Waals surface area contributed by atoms with E-state index in [0.717, 1.165) is 13.0 Å². The van der Waals surface area contributed by atoms with Gasteiger partial charge in [-0.05, 0) is 24.8 Å². The van der Waals surface area contributed by atoms with E-state index in [4.69, 9.17) is 0 Å². The van der Waals surface area contributed by atoms with Crippen LogP contribution >= 0.6 is 11.3 Å². The molecule has 0 bridgehead atoms. The molecular weight excluding hydrogens is 204 g/mol. The Morgan fingerprint density at radius 2 is 2.20 bits per heavy atom. The van der Waals surface area contributed by atoms with Crippen molar-refractivity contribution < 1.29 is 0 Å². The van der Waals surface area contributed by atoms with Gasteiger partial charge in [-0.2, -0.15) is 0 Å². The number of nitrogens with zero attached hydrogens (tertiary/aromatic N) is 1. The molecule has 2 nitrogen and oxygen atoms in total. The molecule has 1 aromatic heterocycles. The van der Waals surface area contributed by atoms with Crippen LogP contribution in [0.25, 0.3) is 0 Å². The Balaban J connectivity index is 2.66. The first kappa shape index (κ1) is 12.7. The summed E-state index contributed by atoms with van der Waals surface area (Å²) in [4.78, 5) is 5.51. The summed E-state index contributed by atoms with van der Waals surface area (Å²) in [5, 5.41) is 3.59. The smallest absolute Gasteiger partial charge is 0.0794 e. The van der Waals surface area contributed by atoms with Crippen LogP contribution in [-0.4, -0.2) is 17.6 Å². The van der Waals surface area contributed by atoms with Gasteiger partial charge >= 0.3 is 0 Å². The van der Waals surface area contributed by atoms with E-state index >= 15 is 0 Å². The Hall–Kier alpha value is -0.410. The Morgan fingerprint density at radius 3 is 2.67 bits per heavy atom. The van der Waals surface area contributed by atoms with Crippen molar-refractivity contribution in [2.45, 2.75) is 46.6 Å². The molecule has 3 heteroatoms. The highest BCUT2D eigenvalue weighted by molar-refractivity contribution is 7.09. The fourth-order valence-electron chi connectivity index (χ4n) is 1.66. The predicted molar refractivity (Wildman–Crippen MR) is 67.4 cm³/mol. The van der Waals surface area contributed by atoms with Crippen LogP contribution < -0.4 is 5.32 Å². The van der Waals surface area contributed by atoms with E-state index in [1.807, 2.05) is 11.7 Å². The van der Waals surface area contributed by atoms with Crippen LogP contribution in [0.15, 0.2) is 11.7 Å². The molecule has 0 spiro atoms. The minimum absolute atomic E-state index is 0.347. The van der Waals surface area contributed by atoms with E-state index in [9.17, 15) is 0 Å². The summed E-state index contributed by atoms with van der Waals surface area (Å²) in [5.74, 6) is 0. The maximum Gasteiger partial charge on any atom is 0.0794 e. The van der Waals surface area contributed by atoms with Crippen molar-refractivity contribution in [1.29, 1.82) is 0 Å². The molecule has 1 N–H and O–H groups in total. The van der Waals surface area contributed by atoms with E-state index in [0.29, 0.717) is 11.5 Å². The van der Waals surface area contributed by atoms with Gasteiger partial charge in [0.1, 0.15) is 0 Å². The molecule has 0 fully saturated rings. The van der Waals surface area contributed by atoms with Gasteiger partial charge in [0.05, 0.1) is 5.51 Å². The van der Waals surface area contributed by atoms with Crippen LogP contribution in [0.3, 0.4) is 0 Å². The standard InChI is InChI=1S/C12H22N2S/c1-5-12(3,4)11(14-6-2)7-10-8-13-9-15-10/h8-9,11,14H,5-7H2,1-4H3. The van der Waals surface area contributed by atoms with Crippen molar-refractivity contribution in [3.05, 3.63) is 16.6 Å². The summed E-state index contributed by atoms with van der Waals surface area (Å²) >= 11 is 1.75. The van der Waals surface area contributed by atoms with Crippen molar-refractivity contribution in [3.8, 4) is 0 Å². The number of likely N-dealkylation sites (N-methyl/N-ethyl adjacent to an activating group) is 1. The summed E-state index contributed by atoms with van der Waals surface area (Å²) in [5.41, 5.74) is 2.26. The van der Waals surface area contributed by atoms with E-state index in [1.54, 1.807) is 11.3 Å². The molecule has 1 aromatic rings. The van der Waals surface area contributed by atoms with Crippen molar-refractivity contribution in [2.24, 2.45) is 5.41 Å². The molecule has 1 rings (SSSR count). The highest BCUT2D eigenvalue weighted by Crippen LogP contribution is 2.27. The van der Waals surface area contributed by atoms with Gasteiger partial charge < -0.3 is 5.32 Å². The molecule has 0 aliphatic heterocycles. The fraction of sp³-hybridized carbons (Fsp3) is 0.750. The van der Waals surface area contributed by atoms with Crippen LogP contribution in [0, 0.1) is 5.41 Å². The van der Waals surface area contributed by atoms with Gasteiger partial charge in [-0.25, -0.2) is 0 Å². The van der Waals surface area contributed by atoms with Gasteiger partial charge in [0.25, 0.3) is 0 Å². The monoisotopic (exact) mass is 226 g/mol. The third kappa shape index (κ3) is 3.58. The highest BCUT2D eigenvalue weighted by atomic mass is 32.1. The lowest BCUT2D eigenvalue weighted by Gasteiger charge is -2.34. The Labute approximate surface area is 97.1 Å². The van der Waals surface area contributed by atoms with E-state index in [2.05, 4.69) is 38.0 Å². The number of hydrogen-bond donors (Lipinski definition) is 1. The molecule has 1 atom stereocenters. The number of rotatable bonds is 6. The van der Waals surface area contributed by atoms with E-state index in [1.165, 1.54) is 11.3 Å². The molecule has 1 unspecified atom stereocenters. The Bertz CT molecular complexity index is 267. The second-order valence-electron chi connectivity index (χ2n) is 4.62. The van der Waals surface area contributed by atoms with Gasteiger partial charge in [0.15, 0.2) is 0 Å². The third-order valence-corrected chi connectivity index (χ3v) is 4.00. The lowest BCUT2D eigenvalue weighted by Crippen LogP contribution is -2.43. The van der Waals surface area contributed by atoms with Crippen molar-refractivity contribution >= 4 is 11.3 Å². The van der Waals surface area contributed by atoms with Crippen LogP contribution in [-0.2, 0) is 6.42 Å². The zero-order chi connectivity index (χ0) is 11.3. The average molecular weight is 226 g/mol. The summed E-state index contributed by atoms with van der Waals surface area (Å²) in [6.07, 6.45) is 4.28. The molecule has 0 aliphatic rings. The SMILES string of the molecule is CCNC(Cc1cncs1)C(C)(C)CC. The summed E-state index contributed by atoms with van der Waals surface area (Å²) in [6.45, 7) is 10.1. The minimum Gasteiger partial charge on any atom is -0.313 e. The molecule has 0 amide bonds. The first-order chi connectivity index (χ1) is 7.10. The normalized spacial score (nSPS) is 14.1. The molecule has 0 saturated carbocycles. The van der Waals surface area contributed by atoms with Crippen molar-refractivity contribution in [2.75, 3.05) is 6.54 Å². The van der Waals surface area contributed by atoms with Crippen LogP contribution in [0.2, 0.25) is 0 Å². The number of thiazole rings is 1. The highest BCUT2D eigenvalue weighted by Gasteiger charge is 2.27. The van der Waals surface area contributed by atoms with Crippen molar-refractivity contribution in [1.82, 2.24) is 10.3 Å². The van der Waals surface area contributed by atoms with Crippen molar-refractivity contribution in [3.63, 3.8) is 0 Å². The molecule has 0 radical (unpaired) electrons. The molecule has 0 aromatic carbocycles. The molecule has 1 heterocycles. The molecular formula is C12H22N2S. The van der Waals surface area contributed by atoms with Gasteiger partial charge in [0.2, 0.25) is 0 Å². The van der Waals surface area contributed by atoms with E-state index in [-0.39, 0.29) is 0 Å². The summed E-state index contributed by atoms with van der Waals surface area (Å²) < 4.78 is 0. The lowest BCUT2D eigenvalue weighted by atomic mass is 9.80. The van der Waals surface area contributed by atoms with Crippen LogP contribution in [0.4, 0.5) is 0 Å².